The normalized spacial score (nSPS) is 22.2. The minimum atomic E-state index is 0.0646. The van der Waals surface area contributed by atoms with E-state index in [1.807, 2.05) is 12.1 Å². The summed E-state index contributed by atoms with van der Waals surface area (Å²) in [5.74, 6) is 0. The summed E-state index contributed by atoms with van der Waals surface area (Å²) in [6.07, 6.45) is 4.32. The van der Waals surface area contributed by atoms with Crippen LogP contribution in [0.5, 0.6) is 0 Å². The molecular formula is C15H23IN2O. The average molecular weight is 374 g/mol. The van der Waals surface area contributed by atoms with Crippen molar-refractivity contribution in [3.63, 3.8) is 0 Å². The first-order valence-corrected chi connectivity index (χ1v) is 8.12. The molecule has 1 aromatic rings. The molecule has 1 fully saturated rings. The Bertz CT molecular complexity index is 432. The molecule has 0 aromatic heterocycles. The summed E-state index contributed by atoms with van der Waals surface area (Å²) in [5.41, 5.74) is 7.86. The fourth-order valence-electron chi connectivity index (χ4n) is 2.76. The van der Waals surface area contributed by atoms with E-state index in [1.54, 1.807) is 0 Å². The molecular weight excluding hydrogens is 351 g/mol. The Hall–Kier alpha value is -0.490. The monoisotopic (exact) mass is 374 g/mol. The molecule has 0 saturated carbocycles. The van der Waals surface area contributed by atoms with E-state index in [1.165, 1.54) is 9.26 Å². The van der Waals surface area contributed by atoms with Gasteiger partial charge in [0.1, 0.15) is 0 Å². The standard InChI is InChI=1S/C15H23IN2O/c1-3-15(4-2)10-12(7-8-19-15)18-14-6-5-11(17)9-13(14)16/h5-6,9,12,18H,3-4,7-8,10,17H2,1-2H3. The molecule has 19 heavy (non-hydrogen) atoms. The van der Waals surface area contributed by atoms with Crippen molar-refractivity contribution in [2.24, 2.45) is 0 Å². The lowest BCUT2D eigenvalue weighted by atomic mass is 9.86. The average Bonchev–Trinajstić information content (AvgIpc) is 2.42. The van der Waals surface area contributed by atoms with Crippen molar-refractivity contribution in [3.8, 4) is 0 Å². The number of nitrogen functional groups attached to an aromatic ring is 1. The molecule has 1 aliphatic heterocycles. The van der Waals surface area contributed by atoms with Gasteiger partial charge in [0.2, 0.25) is 0 Å². The molecule has 1 heterocycles. The highest BCUT2D eigenvalue weighted by molar-refractivity contribution is 14.1. The van der Waals surface area contributed by atoms with Gasteiger partial charge in [-0.25, -0.2) is 0 Å². The van der Waals surface area contributed by atoms with Crippen LogP contribution < -0.4 is 11.1 Å². The number of anilines is 2. The largest absolute Gasteiger partial charge is 0.399 e. The number of hydrogen-bond acceptors (Lipinski definition) is 3. The first-order valence-electron chi connectivity index (χ1n) is 7.04. The van der Waals surface area contributed by atoms with E-state index in [9.17, 15) is 0 Å². The molecule has 106 valence electrons. The number of nitrogens with one attached hydrogen (secondary N) is 1. The van der Waals surface area contributed by atoms with Crippen molar-refractivity contribution in [3.05, 3.63) is 21.8 Å². The summed E-state index contributed by atoms with van der Waals surface area (Å²) in [6, 6.07) is 6.53. The summed E-state index contributed by atoms with van der Waals surface area (Å²) >= 11 is 2.34. The van der Waals surface area contributed by atoms with Crippen LogP contribution in [0.15, 0.2) is 18.2 Å². The zero-order valence-corrected chi connectivity index (χ0v) is 13.9. The van der Waals surface area contributed by atoms with Gasteiger partial charge in [-0.2, -0.15) is 0 Å². The van der Waals surface area contributed by atoms with Gasteiger partial charge in [0.25, 0.3) is 0 Å². The van der Waals surface area contributed by atoms with Gasteiger partial charge in [-0.15, -0.1) is 0 Å². The van der Waals surface area contributed by atoms with E-state index in [0.29, 0.717) is 6.04 Å². The maximum Gasteiger partial charge on any atom is 0.0696 e. The maximum absolute atomic E-state index is 6.02. The molecule has 1 atom stereocenters. The number of rotatable bonds is 4. The van der Waals surface area contributed by atoms with Crippen molar-refractivity contribution < 1.29 is 4.74 Å². The van der Waals surface area contributed by atoms with Crippen LogP contribution in [0.1, 0.15) is 39.5 Å². The summed E-state index contributed by atoms with van der Waals surface area (Å²) in [6.45, 7) is 5.29. The van der Waals surface area contributed by atoms with Crippen LogP contribution in [0.3, 0.4) is 0 Å². The van der Waals surface area contributed by atoms with Crippen LogP contribution in [0, 0.1) is 3.57 Å². The van der Waals surface area contributed by atoms with Gasteiger partial charge >= 0.3 is 0 Å². The third-order valence-corrected chi connectivity index (χ3v) is 5.03. The Morgan fingerprint density at radius 2 is 2.16 bits per heavy atom. The minimum absolute atomic E-state index is 0.0646. The Kier molecular flexibility index (Phi) is 4.95. The molecule has 3 nitrogen and oxygen atoms in total. The molecule has 1 unspecified atom stereocenters. The van der Waals surface area contributed by atoms with E-state index >= 15 is 0 Å². The number of halogens is 1. The third kappa shape index (κ3) is 3.54. The zero-order chi connectivity index (χ0) is 13.9. The highest BCUT2D eigenvalue weighted by Crippen LogP contribution is 2.33. The fraction of sp³-hybridized carbons (Fsp3) is 0.600. The molecule has 0 aliphatic carbocycles. The fourth-order valence-corrected chi connectivity index (χ4v) is 3.46. The molecule has 4 heteroatoms. The molecule has 0 radical (unpaired) electrons. The number of nitrogens with two attached hydrogens (primary N) is 1. The molecule has 1 aromatic carbocycles. The summed E-state index contributed by atoms with van der Waals surface area (Å²) in [7, 11) is 0. The van der Waals surface area contributed by atoms with Gasteiger partial charge in [0.15, 0.2) is 0 Å². The van der Waals surface area contributed by atoms with E-state index in [-0.39, 0.29) is 5.60 Å². The van der Waals surface area contributed by atoms with Crippen LogP contribution in [0.2, 0.25) is 0 Å². The Morgan fingerprint density at radius 1 is 1.42 bits per heavy atom. The minimum Gasteiger partial charge on any atom is -0.399 e. The predicted octanol–water partition coefficient (Wildman–Crippen LogP) is 4.02. The second-order valence-corrected chi connectivity index (χ2v) is 6.47. The highest BCUT2D eigenvalue weighted by atomic mass is 127. The van der Waals surface area contributed by atoms with Crippen molar-refractivity contribution in [1.82, 2.24) is 0 Å². The van der Waals surface area contributed by atoms with Gasteiger partial charge < -0.3 is 15.8 Å². The zero-order valence-electron chi connectivity index (χ0n) is 11.7. The van der Waals surface area contributed by atoms with Crippen LogP contribution in [-0.2, 0) is 4.74 Å². The van der Waals surface area contributed by atoms with Gasteiger partial charge in [-0.3, -0.25) is 0 Å². The molecule has 2 rings (SSSR count). The van der Waals surface area contributed by atoms with Gasteiger partial charge in [-0.05, 0) is 66.5 Å². The number of benzene rings is 1. The second-order valence-electron chi connectivity index (χ2n) is 5.31. The quantitative estimate of drug-likeness (QED) is 0.618. The van der Waals surface area contributed by atoms with E-state index in [4.69, 9.17) is 10.5 Å². The molecule has 3 N–H and O–H groups in total. The molecule has 0 bridgehead atoms. The van der Waals surface area contributed by atoms with Crippen molar-refractivity contribution >= 4 is 34.0 Å². The van der Waals surface area contributed by atoms with Gasteiger partial charge in [-0.1, -0.05) is 13.8 Å². The predicted molar refractivity (Wildman–Crippen MR) is 89.5 cm³/mol. The lowest BCUT2D eigenvalue weighted by Crippen LogP contribution is -2.43. The topological polar surface area (TPSA) is 47.3 Å². The molecule has 0 amide bonds. The molecule has 0 spiro atoms. The lowest BCUT2D eigenvalue weighted by Gasteiger charge is -2.40. The van der Waals surface area contributed by atoms with Gasteiger partial charge in [0, 0.05) is 27.6 Å². The maximum atomic E-state index is 6.02. The van der Waals surface area contributed by atoms with Crippen molar-refractivity contribution in [2.75, 3.05) is 17.7 Å². The summed E-state index contributed by atoms with van der Waals surface area (Å²) in [4.78, 5) is 0. The second kappa shape index (κ2) is 6.31. The lowest BCUT2D eigenvalue weighted by molar-refractivity contribution is -0.0864. The first kappa shape index (κ1) is 14.9. The third-order valence-electron chi connectivity index (χ3n) is 4.13. The Labute approximate surface area is 129 Å². The summed E-state index contributed by atoms with van der Waals surface area (Å²) < 4.78 is 7.20. The van der Waals surface area contributed by atoms with Crippen LogP contribution in [-0.4, -0.2) is 18.2 Å². The Morgan fingerprint density at radius 3 is 2.79 bits per heavy atom. The smallest absolute Gasteiger partial charge is 0.0696 e. The Balaban J connectivity index is 2.06. The van der Waals surface area contributed by atoms with Gasteiger partial charge in [0.05, 0.1) is 5.60 Å². The van der Waals surface area contributed by atoms with Crippen LogP contribution in [0.4, 0.5) is 11.4 Å². The van der Waals surface area contributed by atoms with E-state index in [2.05, 4.69) is 47.8 Å². The SMILES string of the molecule is CCC1(CC)CC(Nc2ccc(N)cc2I)CCO1. The first-order chi connectivity index (χ1) is 9.08. The van der Waals surface area contributed by atoms with Crippen LogP contribution >= 0.6 is 22.6 Å². The molecule has 1 saturated heterocycles. The van der Waals surface area contributed by atoms with Crippen molar-refractivity contribution in [1.29, 1.82) is 0 Å². The number of ether oxygens (including phenoxy) is 1. The van der Waals surface area contributed by atoms with E-state index in [0.717, 1.165) is 38.0 Å². The number of hydrogen-bond donors (Lipinski definition) is 2. The van der Waals surface area contributed by atoms with Crippen LogP contribution in [0.25, 0.3) is 0 Å². The molecule has 1 aliphatic rings. The summed E-state index contributed by atoms with van der Waals surface area (Å²) in [5, 5.41) is 3.66. The van der Waals surface area contributed by atoms with E-state index < -0.39 is 0 Å². The van der Waals surface area contributed by atoms with Crippen molar-refractivity contribution in [2.45, 2.75) is 51.2 Å². The highest BCUT2D eigenvalue weighted by Gasteiger charge is 2.34.